The molecule has 1 aliphatic rings. The molecule has 14 heavy (non-hydrogen) atoms. The van der Waals surface area contributed by atoms with Crippen molar-refractivity contribution in [2.75, 3.05) is 6.61 Å². The topological polar surface area (TPSA) is 35.5 Å². The third kappa shape index (κ3) is 2.08. The summed E-state index contributed by atoms with van der Waals surface area (Å²) < 4.78 is 4.87. The number of hydrogen-bond acceptors (Lipinski definition) is 3. The van der Waals surface area contributed by atoms with E-state index in [1.165, 1.54) is 0 Å². The summed E-state index contributed by atoms with van der Waals surface area (Å²) in [5.41, 5.74) is -1.94. The largest absolute Gasteiger partial charge is 0.509 e. The molecule has 0 aromatic heterocycles. The lowest BCUT2D eigenvalue weighted by Crippen LogP contribution is -2.55. The van der Waals surface area contributed by atoms with Crippen LogP contribution in [0.5, 0.6) is 0 Å². The van der Waals surface area contributed by atoms with E-state index in [2.05, 4.69) is 9.47 Å². The Hall–Kier alpha value is 1.01. The van der Waals surface area contributed by atoms with Crippen LogP contribution in [0.1, 0.15) is 0 Å². The maximum absolute atomic E-state index is 10.8. The highest BCUT2D eigenvalue weighted by Gasteiger charge is 2.68. The number of hydrogen-bond donors (Lipinski definition) is 0. The summed E-state index contributed by atoms with van der Waals surface area (Å²) >= 11 is 33.4. The molecule has 0 bridgehead atoms. The molecule has 0 N–H and O–H groups in total. The molecule has 82 valence electrons. The summed E-state index contributed by atoms with van der Waals surface area (Å²) in [7, 11) is 0. The van der Waals surface area contributed by atoms with Crippen molar-refractivity contribution in [1.29, 1.82) is 0 Å². The van der Waals surface area contributed by atoms with Crippen molar-refractivity contribution in [3.05, 3.63) is 0 Å². The van der Waals surface area contributed by atoms with Gasteiger partial charge in [-0.15, -0.1) is 0 Å². The van der Waals surface area contributed by atoms with Crippen molar-refractivity contribution in [2.24, 2.45) is 0 Å². The molecular formula is C5H2Cl6O3. The summed E-state index contributed by atoms with van der Waals surface area (Å²) in [6.45, 7) is -0.446. The van der Waals surface area contributed by atoms with Crippen LogP contribution in [0.2, 0.25) is 0 Å². The Balaban J connectivity index is 3.12. The second-order valence-electron chi connectivity index (χ2n) is 2.46. The quantitative estimate of drug-likeness (QED) is 0.504. The van der Waals surface area contributed by atoms with Crippen molar-refractivity contribution in [3.63, 3.8) is 0 Å². The van der Waals surface area contributed by atoms with Crippen LogP contribution in [0, 0.1) is 0 Å². The minimum atomic E-state index is -2.11. The zero-order valence-electron chi connectivity index (χ0n) is 6.20. The molecule has 0 saturated carbocycles. The summed E-state index contributed by atoms with van der Waals surface area (Å²) in [4.78, 5) is 10.8. The molecule has 3 nitrogen and oxygen atoms in total. The molecule has 1 saturated heterocycles. The van der Waals surface area contributed by atoms with Gasteiger partial charge in [0.25, 0.3) is 0 Å². The van der Waals surface area contributed by atoms with Gasteiger partial charge in [-0.05, 0) is 0 Å². The number of rotatable bonds is 0. The van der Waals surface area contributed by atoms with Gasteiger partial charge in [0, 0.05) is 0 Å². The molecular weight excluding hydrogens is 321 g/mol. The first kappa shape index (κ1) is 13.1. The molecule has 9 heteroatoms. The van der Waals surface area contributed by atoms with Gasteiger partial charge in [-0.3, -0.25) is 0 Å². The first-order valence-corrected chi connectivity index (χ1v) is 5.36. The van der Waals surface area contributed by atoms with Crippen LogP contribution in [0.25, 0.3) is 0 Å². The lowest BCUT2D eigenvalue weighted by atomic mass is 10.1. The Morgan fingerprint density at radius 3 is 1.64 bits per heavy atom. The molecule has 0 aromatic carbocycles. The summed E-state index contributed by atoms with van der Waals surface area (Å²) in [6, 6.07) is 0. The number of carbonyl (C=O) groups is 1. The van der Waals surface area contributed by atoms with Gasteiger partial charge in [-0.2, -0.15) is 0 Å². The van der Waals surface area contributed by atoms with Crippen molar-refractivity contribution in [1.82, 2.24) is 0 Å². The predicted molar refractivity (Wildman–Crippen MR) is 55.7 cm³/mol. The Morgan fingerprint density at radius 2 is 1.50 bits per heavy atom. The highest BCUT2D eigenvalue weighted by molar-refractivity contribution is 6.73. The van der Waals surface area contributed by atoms with Crippen LogP contribution >= 0.6 is 69.6 Å². The van der Waals surface area contributed by atoms with Gasteiger partial charge in [0.05, 0.1) is 0 Å². The number of ether oxygens (including phenoxy) is 2. The number of halogens is 6. The van der Waals surface area contributed by atoms with Crippen LogP contribution in [0.15, 0.2) is 0 Å². The molecule has 1 fully saturated rings. The molecule has 0 unspecified atom stereocenters. The first-order chi connectivity index (χ1) is 6.10. The Morgan fingerprint density at radius 1 is 1.07 bits per heavy atom. The molecule has 0 amide bonds. The molecule has 0 atom stereocenters. The number of carbonyl (C=O) groups excluding carboxylic acids is 1. The van der Waals surface area contributed by atoms with E-state index in [1.807, 2.05) is 0 Å². The Bertz CT molecular complexity index is 239. The van der Waals surface area contributed by atoms with E-state index in [0.717, 1.165) is 0 Å². The van der Waals surface area contributed by atoms with Crippen LogP contribution in [-0.4, -0.2) is 25.9 Å². The van der Waals surface area contributed by atoms with Gasteiger partial charge in [0.1, 0.15) is 6.61 Å². The van der Waals surface area contributed by atoms with Crippen molar-refractivity contribution < 1.29 is 14.3 Å². The Labute approximate surface area is 109 Å². The fourth-order valence-corrected chi connectivity index (χ4v) is 2.65. The minimum absolute atomic E-state index is 0.446. The molecule has 1 rings (SSSR count). The van der Waals surface area contributed by atoms with Gasteiger partial charge in [-0.25, -0.2) is 4.79 Å². The second-order valence-corrected chi connectivity index (χ2v) is 7.03. The highest BCUT2D eigenvalue weighted by atomic mass is 35.6. The van der Waals surface area contributed by atoms with E-state index < -0.39 is 25.9 Å². The standard InChI is InChI=1S/C5H2Cl6O3/c6-4(7,8)3(5(9,10)11)1-13-2(12)14-3/h1H2. The highest BCUT2D eigenvalue weighted by Crippen LogP contribution is 2.55. The maximum atomic E-state index is 10.8. The Kier molecular flexibility index (Phi) is 3.54. The van der Waals surface area contributed by atoms with E-state index in [9.17, 15) is 4.79 Å². The minimum Gasteiger partial charge on any atom is -0.430 e. The average Bonchev–Trinajstić information content (AvgIpc) is 2.28. The maximum Gasteiger partial charge on any atom is 0.509 e. The third-order valence-electron chi connectivity index (χ3n) is 1.57. The van der Waals surface area contributed by atoms with Gasteiger partial charge >= 0.3 is 6.16 Å². The summed E-state index contributed by atoms with van der Waals surface area (Å²) in [6.07, 6.45) is -1.05. The van der Waals surface area contributed by atoms with Crippen LogP contribution in [0.3, 0.4) is 0 Å². The molecule has 0 aromatic rings. The third-order valence-corrected chi connectivity index (χ3v) is 3.40. The normalized spacial score (nSPS) is 21.7. The van der Waals surface area contributed by atoms with E-state index in [-0.39, 0.29) is 0 Å². The zero-order valence-corrected chi connectivity index (χ0v) is 10.7. The van der Waals surface area contributed by atoms with Crippen molar-refractivity contribution in [2.45, 2.75) is 13.2 Å². The van der Waals surface area contributed by atoms with Crippen molar-refractivity contribution in [3.8, 4) is 0 Å². The lowest BCUT2D eigenvalue weighted by Gasteiger charge is -2.36. The van der Waals surface area contributed by atoms with Gasteiger partial charge in [0.15, 0.2) is 0 Å². The number of cyclic esters (lactones) is 2. The van der Waals surface area contributed by atoms with Gasteiger partial charge in [-0.1, -0.05) is 69.6 Å². The average molecular weight is 323 g/mol. The van der Waals surface area contributed by atoms with Crippen LogP contribution in [0.4, 0.5) is 4.79 Å². The molecule has 1 heterocycles. The monoisotopic (exact) mass is 320 g/mol. The zero-order chi connectivity index (χ0) is 11.2. The van der Waals surface area contributed by atoms with Crippen LogP contribution < -0.4 is 0 Å². The van der Waals surface area contributed by atoms with Crippen LogP contribution in [-0.2, 0) is 9.47 Å². The SMILES string of the molecule is O=C1OCC(C(Cl)(Cl)Cl)(C(Cl)(Cl)Cl)O1. The predicted octanol–water partition coefficient (Wildman–Crippen LogP) is 3.63. The van der Waals surface area contributed by atoms with Gasteiger partial charge in [0.2, 0.25) is 13.2 Å². The van der Waals surface area contributed by atoms with E-state index in [0.29, 0.717) is 0 Å². The first-order valence-electron chi connectivity index (χ1n) is 3.09. The lowest BCUT2D eigenvalue weighted by molar-refractivity contribution is 0.0623. The van der Waals surface area contributed by atoms with E-state index in [4.69, 9.17) is 69.6 Å². The second kappa shape index (κ2) is 3.79. The van der Waals surface area contributed by atoms with E-state index >= 15 is 0 Å². The summed E-state index contributed by atoms with van der Waals surface area (Å²) in [5.74, 6) is 0. The molecule has 0 radical (unpaired) electrons. The fourth-order valence-electron chi connectivity index (χ4n) is 0.802. The number of alkyl halides is 6. The summed E-state index contributed by atoms with van der Waals surface area (Å²) in [5, 5.41) is 0. The fraction of sp³-hybridized carbons (Fsp3) is 0.800. The smallest absolute Gasteiger partial charge is 0.430 e. The van der Waals surface area contributed by atoms with Crippen molar-refractivity contribution >= 4 is 75.8 Å². The molecule has 0 spiro atoms. The van der Waals surface area contributed by atoms with Gasteiger partial charge < -0.3 is 9.47 Å². The molecule has 0 aliphatic carbocycles. The van der Waals surface area contributed by atoms with E-state index in [1.54, 1.807) is 0 Å². The molecule has 1 aliphatic heterocycles.